The molecule has 0 aliphatic carbocycles. The molecule has 0 unspecified atom stereocenters. The van der Waals surface area contributed by atoms with Crippen molar-refractivity contribution in [3.05, 3.63) is 23.2 Å². The van der Waals surface area contributed by atoms with Crippen LogP contribution in [0.2, 0.25) is 5.02 Å². The van der Waals surface area contributed by atoms with Gasteiger partial charge in [0, 0.05) is 13.0 Å². The number of carbonyl (C=O) groups is 2. The Morgan fingerprint density at radius 3 is 2.73 bits per heavy atom. The van der Waals surface area contributed by atoms with Crippen LogP contribution in [0.1, 0.15) is 19.8 Å². The van der Waals surface area contributed by atoms with Gasteiger partial charge in [0.05, 0.1) is 23.2 Å². The number of amides is 2. The van der Waals surface area contributed by atoms with Gasteiger partial charge in [0.15, 0.2) is 5.75 Å². The van der Waals surface area contributed by atoms with E-state index in [0.29, 0.717) is 27.8 Å². The van der Waals surface area contributed by atoms with E-state index < -0.39 is 24.5 Å². The van der Waals surface area contributed by atoms with Crippen LogP contribution in [0.15, 0.2) is 18.2 Å². The van der Waals surface area contributed by atoms with Crippen LogP contribution in [-0.4, -0.2) is 48.6 Å². The van der Waals surface area contributed by atoms with Gasteiger partial charge < -0.3 is 14.5 Å². The first-order valence-electron chi connectivity index (χ1n) is 8.30. The smallest absolute Gasteiger partial charge is 0.406 e. The standard InChI is InChI=1S/C17H18ClF3N2O3/c1-2-11-8-23(13-5-3-4-12(18)15(13)26-11)16(25)10-6-14(24)22(7-10)9-17(19,20)21/h3-5,10-11H,2,6-9H2,1H3/t10-,11+/m0/s1. The van der Waals surface area contributed by atoms with Crippen LogP contribution in [0.25, 0.3) is 0 Å². The Morgan fingerprint density at radius 1 is 1.35 bits per heavy atom. The summed E-state index contributed by atoms with van der Waals surface area (Å²) in [4.78, 5) is 27.0. The van der Waals surface area contributed by atoms with Gasteiger partial charge in [0.1, 0.15) is 12.6 Å². The number of fused-ring (bicyclic) bond motifs is 1. The minimum atomic E-state index is -4.49. The molecule has 2 amide bonds. The van der Waals surface area contributed by atoms with Gasteiger partial charge in [0.25, 0.3) is 0 Å². The normalized spacial score (nSPS) is 23.0. The van der Waals surface area contributed by atoms with Crippen molar-refractivity contribution < 1.29 is 27.5 Å². The molecule has 9 heteroatoms. The van der Waals surface area contributed by atoms with Crippen molar-refractivity contribution in [2.75, 3.05) is 24.5 Å². The zero-order valence-corrected chi connectivity index (χ0v) is 14.8. The SMILES string of the molecule is CC[C@@H]1CN(C(=O)[C@H]2CC(=O)N(CC(F)(F)F)C2)c2cccc(Cl)c2O1. The van der Waals surface area contributed by atoms with Gasteiger partial charge in [-0.2, -0.15) is 13.2 Å². The first kappa shape index (κ1) is 18.8. The van der Waals surface area contributed by atoms with E-state index in [9.17, 15) is 22.8 Å². The Labute approximate surface area is 153 Å². The number of hydrogen-bond donors (Lipinski definition) is 0. The number of nitrogens with zero attached hydrogens (tertiary/aromatic N) is 2. The lowest BCUT2D eigenvalue weighted by Gasteiger charge is -2.36. The second kappa shape index (κ2) is 6.98. The molecule has 1 fully saturated rings. The lowest BCUT2D eigenvalue weighted by molar-refractivity contribution is -0.157. The first-order valence-corrected chi connectivity index (χ1v) is 8.68. The van der Waals surface area contributed by atoms with Crippen LogP contribution in [0, 0.1) is 5.92 Å². The third-order valence-electron chi connectivity index (χ3n) is 4.56. The van der Waals surface area contributed by atoms with Gasteiger partial charge in [-0.15, -0.1) is 0 Å². The maximum absolute atomic E-state index is 13.0. The highest BCUT2D eigenvalue weighted by atomic mass is 35.5. The third kappa shape index (κ3) is 3.75. The summed E-state index contributed by atoms with van der Waals surface area (Å²) in [6.45, 7) is 0.603. The zero-order chi connectivity index (χ0) is 19.1. The predicted octanol–water partition coefficient (Wildman–Crippen LogP) is 3.25. The molecule has 0 spiro atoms. The van der Waals surface area contributed by atoms with Crippen molar-refractivity contribution >= 4 is 29.1 Å². The summed E-state index contributed by atoms with van der Waals surface area (Å²) >= 11 is 6.16. The van der Waals surface area contributed by atoms with Crippen LogP contribution >= 0.6 is 11.6 Å². The molecule has 2 aliphatic rings. The van der Waals surface area contributed by atoms with Gasteiger partial charge >= 0.3 is 6.18 Å². The van der Waals surface area contributed by atoms with Gasteiger partial charge in [-0.05, 0) is 18.6 Å². The fourth-order valence-electron chi connectivity index (χ4n) is 3.28. The van der Waals surface area contributed by atoms with Crippen molar-refractivity contribution in [3.8, 4) is 5.75 Å². The highest BCUT2D eigenvalue weighted by Crippen LogP contribution is 2.41. The summed E-state index contributed by atoms with van der Waals surface area (Å²) in [5.74, 6) is -1.47. The van der Waals surface area contributed by atoms with E-state index in [1.165, 1.54) is 4.90 Å². The molecule has 0 saturated carbocycles. The molecule has 0 radical (unpaired) electrons. The Hall–Kier alpha value is -1.96. The summed E-state index contributed by atoms with van der Waals surface area (Å²) in [5.41, 5.74) is 0.480. The number of ether oxygens (including phenoxy) is 1. The fraction of sp³-hybridized carbons (Fsp3) is 0.529. The number of likely N-dealkylation sites (tertiary alicyclic amines) is 1. The van der Waals surface area contributed by atoms with Crippen molar-refractivity contribution in [1.82, 2.24) is 4.90 Å². The molecule has 0 bridgehead atoms. The molecule has 142 valence electrons. The lowest BCUT2D eigenvalue weighted by Crippen LogP contribution is -2.46. The maximum atomic E-state index is 13.0. The topological polar surface area (TPSA) is 49.9 Å². The van der Waals surface area contributed by atoms with Crippen LogP contribution in [0.3, 0.4) is 0 Å². The Bertz CT molecular complexity index is 726. The van der Waals surface area contributed by atoms with E-state index in [-0.39, 0.29) is 31.5 Å². The molecule has 5 nitrogen and oxygen atoms in total. The number of hydrogen-bond acceptors (Lipinski definition) is 3. The summed E-state index contributed by atoms with van der Waals surface area (Å²) in [6, 6.07) is 4.99. The Balaban J connectivity index is 1.82. The predicted molar refractivity (Wildman–Crippen MR) is 89.3 cm³/mol. The monoisotopic (exact) mass is 390 g/mol. The molecular formula is C17H18ClF3N2O3. The van der Waals surface area contributed by atoms with Gasteiger partial charge in [-0.3, -0.25) is 9.59 Å². The molecule has 0 N–H and O–H groups in total. The number of rotatable bonds is 3. The van der Waals surface area contributed by atoms with Crippen LogP contribution < -0.4 is 9.64 Å². The quantitative estimate of drug-likeness (QED) is 0.796. The average Bonchev–Trinajstić information content (AvgIpc) is 2.92. The second-order valence-electron chi connectivity index (χ2n) is 6.48. The number of alkyl halides is 3. The highest BCUT2D eigenvalue weighted by molar-refractivity contribution is 6.32. The summed E-state index contributed by atoms with van der Waals surface area (Å²) in [7, 11) is 0. The molecule has 26 heavy (non-hydrogen) atoms. The van der Waals surface area contributed by atoms with Gasteiger partial charge in [0.2, 0.25) is 11.8 Å². The molecule has 1 aromatic carbocycles. The number of carbonyl (C=O) groups excluding carboxylic acids is 2. The van der Waals surface area contributed by atoms with E-state index in [4.69, 9.17) is 16.3 Å². The molecule has 1 saturated heterocycles. The van der Waals surface area contributed by atoms with E-state index >= 15 is 0 Å². The van der Waals surface area contributed by atoms with E-state index in [1.807, 2.05) is 6.92 Å². The average molecular weight is 391 g/mol. The summed E-state index contributed by atoms with van der Waals surface area (Å²) in [5, 5.41) is 0.361. The number of para-hydroxylation sites is 1. The van der Waals surface area contributed by atoms with Crippen LogP contribution in [0.4, 0.5) is 18.9 Å². The Kier molecular flexibility index (Phi) is 5.05. The van der Waals surface area contributed by atoms with Gasteiger partial charge in [-0.1, -0.05) is 24.6 Å². The Morgan fingerprint density at radius 2 is 2.08 bits per heavy atom. The zero-order valence-electron chi connectivity index (χ0n) is 14.1. The molecule has 2 heterocycles. The lowest BCUT2D eigenvalue weighted by atomic mass is 10.0. The third-order valence-corrected chi connectivity index (χ3v) is 4.86. The van der Waals surface area contributed by atoms with Crippen LogP contribution in [-0.2, 0) is 9.59 Å². The molecule has 3 rings (SSSR count). The minimum Gasteiger partial charge on any atom is -0.485 e. The number of benzene rings is 1. The van der Waals surface area contributed by atoms with E-state index in [2.05, 4.69) is 0 Å². The molecule has 0 aromatic heterocycles. The van der Waals surface area contributed by atoms with Gasteiger partial charge in [-0.25, -0.2) is 0 Å². The molecule has 1 aromatic rings. The largest absolute Gasteiger partial charge is 0.485 e. The summed E-state index contributed by atoms with van der Waals surface area (Å²) < 4.78 is 43.6. The molecule has 2 aliphatic heterocycles. The molecule has 2 atom stereocenters. The minimum absolute atomic E-state index is 0.223. The molecular weight excluding hydrogens is 373 g/mol. The van der Waals surface area contributed by atoms with Crippen LogP contribution in [0.5, 0.6) is 5.75 Å². The summed E-state index contributed by atoms with van der Waals surface area (Å²) in [6.07, 6.45) is -4.34. The number of halogens is 4. The van der Waals surface area contributed by atoms with Crippen molar-refractivity contribution in [1.29, 1.82) is 0 Å². The first-order chi connectivity index (χ1) is 12.2. The van der Waals surface area contributed by atoms with E-state index in [0.717, 1.165) is 0 Å². The highest BCUT2D eigenvalue weighted by Gasteiger charge is 2.43. The maximum Gasteiger partial charge on any atom is 0.406 e. The van der Waals surface area contributed by atoms with Crippen molar-refractivity contribution in [2.45, 2.75) is 32.0 Å². The second-order valence-corrected chi connectivity index (χ2v) is 6.88. The van der Waals surface area contributed by atoms with Crippen molar-refractivity contribution in [2.24, 2.45) is 5.92 Å². The number of anilines is 1. The fourth-order valence-corrected chi connectivity index (χ4v) is 3.50. The van der Waals surface area contributed by atoms with Crippen molar-refractivity contribution in [3.63, 3.8) is 0 Å². The van der Waals surface area contributed by atoms with E-state index in [1.54, 1.807) is 18.2 Å².